The summed E-state index contributed by atoms with van der Waals surface area (Å²) in [6.07, 6.45) is 0.490. The normalized spacial score (nSPS) is 19.5. The van der Waals surface area contributed by atoms with Gasteiger partial charge in [0.1, 0.15) is 0 Å². The van der Waals surface area contributed by atoms with Crippen LogP contribution in [-0.4, -0.2) is 57.2 Å². The zero-order valence-electron chi connectivity index (χ0n) is 13.6. The van der Waals surface area contributed by atoms with E-state index < -0.39 is 9.84 Å². The first-order valence-corrected chi connectivity index (χ1v) is 9.53. The summed E-state index contributed by atoms with van der Waals surface area (Å²) >= 11 is 0. The maximum Gasteiger partial charge on any atom is 0.318 e. The topological polar surface area (TPSA) is 75.7 Å². The molecule has 1 N–H and O–H groups in total. The summed E-state index contributed by atoms with van der Waals surface area (Å²) in [5, 5.41) is 2.88. The summed E-state index contributed by atoms with van der Waals surface area (Å²) < 4.78 is 28.4. The summed E-state index contributed by atoms with van der Waals surface area (Å²) in [6.45, 7) is 3.19. The van der Waals surface area contributed by atoms with E-state index in [0.29, 0.717) is 26.1 Å². The van der Waals surface area contributed by atoms with Crippen molar-refractivity contribution >= 4 is 15.9 Å². The fraction of sp³-hybridized carbons (Fsp3) is 0.562. The number of methoxy groups -OCH3 is 1. The Morgan fingerprint density at radius 3 is 2.83 bits per heavy atom. The van der Waals surface area contributed by atoms with Crippen LogP contribution in [0.3, 0.4) is 0 Å². The van der Waals surface area contributed by atoms with Crippen LogP contribution in [0.25, 0.3) is 0 Å². The second kappa shape index (κ2) is 7.79. The molecule has 0 aromatic heterocycles. The van der Waals surface area contributed by atoms with Crippen molar-refractivity contribution in [3.8, 4) is 0 Å². The number of carbonyl (C=O) groups is 1. The van der Waals surface area contributed by atoms with Gasteiger partial charge in [-0.05, 0) is 18.9 Å². The Morgan fingerprint density at radius 1 is 1.43 bits per heavy atom. The third kappa shape index (κ3) is 5.21. The van der Waals surface area contributed by atoms with E-state index in [-0.39, 0.29) is 23.6 Å². The highest BCUT2D eigenvalue weighted by Gasteiger charge is 2.34. The standard InChI is InChI=1S/C16H24N2O4S/c1-13-4-3-5-14(10-13)11-17-16(19)18(7-8-22-2)15-6-9-23(20,21)12-15/h3-5,10,15H,6-9,11-12H2,1-2H3,(H,17,19). The Morgan fingerprint density at radius 2 is 2.22 bits per heavy atom. The first-order valence-electron chi connectivity index (χ1n) is 7.70. The van der Waals surface area contributed by atoms with Crippen LogP contribution in [-0.2, 0) is 21.1 Å². The van der Waals surface area contributed by atoms with Gasteiger partial charge in [0.2, 0.25) is 0 Å². The van der Waals surface area contributed by atoms with Crippen LogP contribution in [0.2, 0.25) is 0 Å². The highest BCUT2D eigenvalue weighted by atomic mass is 32.2. The molecule has 1 fully saturated rings. The average Bonchev–Trinajstić information content (AvgIpc) is 2.85. The lowest BCUT2D eigenvalue weighted by Gasteiger charge is -2.28. The summed E-state index contributed by atoms with van der Waals surface area (Å²) in [5.41, 5.74) is 2.15. The molecule has 7 heteroatoms. The van der Waals surface area contributed by atoms with Crippen LogP contribution >= 0.6 is 0 Å². The van der Waals surface area contributed by atoms with Gasteiger partial charge in [-0.2, -0.15) is 0 Å². The molecule has 1 aliphatic rings. The number of nitrogens with one attached hydrogen (secondary N) is 1. The van der Waals surface area contributed by atoms with Crippen molar-refractivity contribution in [3.63, 3.8) is 0 Å². The number of hydrogen-bond donors (Lipinski definition) is 1. The smallest absolute Gasteiger partial charge is 0.318 e. The molecule has 0 aliphatic carbocycles. The summed E-state index contributed by atoms with van der Waals surface area (Å²) in [6, 6.07) is 7.40. The number of nitrogens with zero attached hydrogens (tertiary/aromatic N) is 1. The largest absolute Gasteiger partial charge is 0.383 e. The number of rotatable bonds is 6. The van der Waals surface area contributed by atoms with Gasteiger partial charge in [-0.25, -0.2) is 13.2 Å². The van der Waals surface area contributed by atoms with Crippen molar-refractivity contribution in [1.29, 1.82) is 0 Å². The van der Waals surface area contributed by atoms with E-state index >= 15 is 0 Å². The molecule has 128 valence electrons. The second-order valence-corrected chi connectivity index (χ2v) is 8.12. The van der Waals surface area contributed by atoms with Crippen LogP contribution in [0.5, 0.6) is 0 Å². The molecular formula is C16H24N2O4S. The number of hydrogen-bond acceptors (Lipinski definition) is 4. The van der Waals surface area contributed by atoms with Crippen LogP contribution < -0.4 is 5.32 Å². The quantitative estimate of drug-likeness (QED) is 0.848. The van der Waals surface area contributed by atoms with Gasteiger partial charge in [-0.15, -0.1) is 0 Å². The van der Waals surface area contributed by atoms with E-state index in [0.717, 1.165) is 11.1 Å². The Kier molecular flexibility index (Phi) is 6.01. The Labute approximate surface area is 137 Å². The number of carbonyl (C=O) groups excluding carboxylic acids is 1. The number of ether oxygens (including phenoxy) is 1. The van der Waals surface area contributed by atoms with Gasteiger partial charge in [-0.3, -0.25) is 0 Å². The van der Waals surface area contributed by atoms with E-state index in [9.17, 15) is 13.2 Å². The maximum atomic E-state index is 12.5. The molecule has 1 aromatic rings. The molecule has 1 aromatic carbocycles. The number of benzene rings is 1. The molecule has 0 radical (unpaired) electrons. The molecular weight excluding hydrogens is 316 g/mol. The average molecular weight is 340 g/mol. The third-order valence-electron chi connectivity index (χ3n) is 3.97. The van der Waals surface area contributed by atoms with Crippen molar-refractivity contribution in [1.82, 2.24) is 10.2 Å². The second-order valence-electron chi connectivity index (χ2n) is 5.89. The number of sulfone groups is 1. The Bertz CT molecular complexity index is 645. The van der Waals surface area contributed by atoms with E-state index in [1.165, 1.54) is 0 Å². The minimum Gasteiger partial charge on any atom is -0.383 e. The highest BCUT2D eigenvalue weighted by molar-refractivity contribution is 7.91. The van der Waals surface area contributed by atoms with Crippen molar-refractivity contribution in [2.45, 2.75) is 25.9 Å². The van der Waals surface area contributed by atoms with Crippen molar-refractivity contribution in [2.24, 2.45) is 0 Å². The van der Waals surface area contributed by atoms with E-state index in [1.807, 2.05) is 31.2 Å². The lowest BCUT2D eigenvalue weighted by atomic mass is 10.1. The molecule has 6 nitrogen and oxygen atoms in total. The van der Waals surface area contributed by atoms with Gasteiger partial charge in [0.15, 0.2) is 9.84 Å². The van der Waals surface area contributed by atoms with Crippen LogP contribution in [0.1, 0.15) is 17.5 Å². The summed E-state index contributed by atoms with van der Waals surface area (Å²) in [7, 11) is -1.47. The van der Waals surface area contributed by atoms with Gasteiger partial charge < -0.3 is 15.0 Å². The van der Waals surface area contributed by atoms with Gasteiger partial charge >= 0.3 is 6.03 Å². The summed E-state index contributed by atoms with van der Waals surface area (Å²) in [5.74, 6) is 0.181. The van der Waals surface area contributed by atoms with E-state index in [2.05, 4.69) is 5.32 Å². The monoisotopic (exact) mass is 340 g/mol. The molecule has 0 spiro atoms. The third-order valence-corrected chi connectivity index (χ3v) is 5.72. The van der Waals surface area contributed by atoms with Crippen molar-refractivity contribution < 1.29 is 17.9 Å². The molecule has 0 bridgehead atoms. The first-order chi connectivity index (χ1) is 10.9. The minimum absolute atomic E-state index is 0.0363. The van der Waals surface area contributed by atoms with Crippen LogP contribution in [0.15, 0.2) is 24.3 Å². The molecule has 2 amide bonds. The van der Waals surface area contributed by atoms with Crippen molar-refractivity contribution in [3.05, 3.63) is 35.4 Å². The SMILES string of the molecule is COCCN(C(=O)NCc1cccc(C)c1)C1CCS(=O)(=O)C1. The van der Waals surface area contributed by atoms with Crippen LogP contribution in [0, 0.1) is 6.92 Å². The summed E-state index contributed by atoms with van der Waals surface area (Å²) in [4.78, 5) is 14.1. The molecule has 23 heavy (non-hydrogen) atoms. The first kappa shape index (κ1) is 17.7. The maximum absolute atomic E-state index is 12.5. The highest BCUT2D eigenvalue weighted by Crippen LogP contribution is 2.18. The molecule has 1 saturated heterocycles. The fourth-order valence-corrected chi connectivity index (χ4v) is 4.49. The van der Waals surface area contributed by atoms with E-state index in [1.54, 1.807) is 12.0 Å². The zero-order valence-corrected chi connectivity index (χ0v) is 14.4. The molecule has 1 unspecified atom stereocenters. The van der Waals surface area contributed by atoms with Gasteiger partial charge in [0.05, 0.1) is 18.1 Å². The number of urea groups is 1. The Hall–Kier alpha value is -1.60. The molecule has 1 aliphatic heterocycles. The molecule has 1 atom stereocenters. The lowest BCUT2D eigenvalue weighted by molar-refractivity contribution is 0.133. The van der Waals surface area contributed by atoms with E-state index in [4.69, 9.17) is 4.74 Å². The number of amides is 2. The Balaban J connectivity index is 1.99. The molecule has 0 saturated carbocycles. The minimum atomic E-state index is -3.03. The predicted molar refractivity (Wildman–Crippen MR) is 89.1 cm³/mol. The lowest BCUT2D eigenvalue weighted by Crippen LogP contribution is -2.48. The molecule has 2 rings (SSSR count). The van der Waals surface area contributed by atoms with Gasteiger partial charge in [0, 0.05) is 26.2 Å². The zero-order chi connectivity index (χ0) is 16.9. The fourth-order valence-electron chi connectivity index (χ4n) is 2.76. The van der Waals surface area contributed by atoms with Gasteiger partial charge in [-0.1, -0.05) is 29.8 Å². The predicted octanol–water partition coefficient (Wildman–Crippen LogP) is 1.34. The van der Waals surface area contributed by atoms with Gasteiger partial charge in [0.25, 0.3) is 0 Å². The van der Waals surface area contributed by atoms with Crippen LogP contribution in [0.4, 0.5) is 4.79 Å². The molecule has 1 heterocycles. The van der Waals surface area contributed by atoms with Crippen molar-refractivity contribution in [2.75, 3.05) is 31.8 Å². The number of aryl methyl sites for hydroxylation is 1.